The summed E-state index contributed by atoms with van der Waals surface area (Å²) in [6.45, 7) is 5.59. The van der Waals surface area contributed by atoms with Gasteiger partial charge in [0.25, 0.3) is 0 Å². The second kappa shape index (κ2) is 5.88. The Morgan fingerprint density at radius 2 is 2.06 bits per heavy atom. The Labute approximate surface area is 113 Å². The molecule has 1 aromatic carbocycles. The van der Waals surface area contributed by atoms with Crippen LogP contribution < -0.4 is 5.32 Å². The summed E-state index contributed by atoms with van der Waals surface area (Å²) in [7, 11) is 0. The number of hydrogen-bond donors (Lipinski definition) is 1. The zero-order chi connectivity index (χ0) is 13.8. The van der Waals surface area contributed by atoms with Gasteiger partial charge in [-0.1, -0.05) is 31.5 Å². The van der Waals surface area contributed by atoms with Gasteiger partial charge in [-0.15, -0.1) is 0 Å². The molecule has 0 saturated heterocycles. The Morgan fingerprint density at radius 1 is 1.44 bits per heavy atom. The van der Waals surface area contributed by atoms with Gasteiger partial charge in [-0.05, 0) is 37.5 Å². The second-order valence-electron chi connectivity index (χ2n) is 4.34. The molecule has 18 heavy (non-hydrogen) atoms. The predicted molar refractivity (Wildman–Crippen MR) is 73.4 cm³/mol. The van der Waals surface area contributed by atoms with E-state index in [9.17, 15) is 10.1 Å². The topological polar surface area (TPSA) is 52.9 Å². The van der Waals surface area contributed by atoms with Crippen molar-refractivity contribution < 1.29 is 4.79 Å². The Hall–Kier alpha value is -1.53. The molecule has 3 nitrogen and oxygen atoms in total. The van der Waals surface area contributed by atoms with Crippen molar-refractivity contribution in [2.75, 3.05) is 5.32 Å². The fraction of sp³-hybridized carbons (Fsp3) is 0.429. The van der Waals surface area contributed by atoms with Crippen LogP contribution in [0.1, 0.15) is 32.3 Å². The zero-order valence-corrected chi connectivity index (χ0v) is 11.6. The van der Waals surface area contributed by atoms with Crippen LogP contribution in [-0.2, 0) is 4.79 Å². The minimum atomic E-state index is -0.979. The van der Waals surface area contributed by atoms with Gasteiger partial charge in [0.05, 0.1) is 16.8 Å². The van der Waals surface area contributed by atoms with E-state index < -0.39 is 5.41 Å². The van der Waals surface area contributed by atoms with Gasteiger partial charge in [-0.2, -0.15) is 5.26 Å². The lowest BCUT2D eigenvalue weighted by Crippen LogP contribution is -2.34. The van der Waals surface area contributed by atoms with Crippen molar-refractivity contribution in [1.82, 2.24) is 0 Å². The zero-order valence-electron chi connectivity index (χ0n) is 10.9. The minimum Gasteiger partial charge on any atom is -0.323 e. The number of aryl methyl sites for hydroxylation is 1. The summed E-state index contributed by atoms with van der Waals surface area (Å²) in [5.41, 5.74) is 0.584. The molecular weight excluding hydrogens is 248 g/mol. The van der Waals surface area contributed by atoms with Crippen molar-refractivity contribution in [3.63, 3.8) is 0 Å². The smallest absolute Gasteiger partial charge is 0.244 e. The van der Waals surface area contributed by atoms with Crippen molar-refractivity contribution in [3.8, 4) is 6.07 Å². The van der Waals surface area contributed by atoms with E-state index in [1.807, 2.05) is 26.8 Å². The van der Waals surface area contributed by atoms with E-state index in [0.29, 0.717) is 23.6 Å². The third-order valence-corrected chi connectivity index (χ3v) is 3.56. The molecule has 0 unspecified atom stereocenters. The standard InChI is InChI=1S/C14H17ClN2O/c1-4-14(5-2,9-16)13(18)17-12-8-10(3)6-7-11(12)15/h6-8H,4-5H2,1-3H3,(H,17,18). The number of carbonyl (C=O) groups is 1. The number of nitrogens with zero attached hydrogens (tertiary/aromatic N) is 1. The first-order chi connectivity index (χ1) is 8.49. The van der Waals surface area contributed by atoms with Crippen molar-refractivity contribution in [2.45, 2.75) is 33.6 Å². The average molecular weight is 265 g/mol. The maximum atomic E-state index is 12.2. The van der Waals surface area contributed by atoms with Gasteiger partial charge >= 0.3 is 0 Å². The predicted octanol–water partition coefficient (Wildman–Crippen LogP) is 3.92. The largest absolute Gasteiger partial charge is 0.323 e. The van der Waals surface area contributed by atoms with Gasteiger partial charge < -0.3 is 5.32 Å². The molecule has 0 atom stereocenters. The van der Waals surface area contributed by atoms with E-state index >= 15 is 0 Å². The first-order valence-electron chi connectivity index (χ1n) is 5.98. The van der Waals surface area contributed by atoms with E-state index in [1.165, 1.54) is 0 Å². The fourth-order valence-electron chi connectivity index (χ4n) is 1.76. The number of anilines is 1. The first kappa shape index (κ1) is 14.5. The highest BCUT2D eigenvalue weighted by Crippen LogP contribution is 2.29. The highest BCUT2D eigenvalue weighted by Gasteiger charge is 2.35. The van der Waals surface area contributed by atoms with Crippen molar-refractivity contribution >= 4 is 23.2 Å². The summed E-state index contributed by atoms with van der Waals surface area (Å²) in [6.07, 6.45) is 0.963. The van der Waals surface area contributed by atoms with Crippen LogP contribution in [-0.4, -0.2) is 5.91 Å². The molecule has 4 heteroatoms. The third-order valence-electron chi connectivity index (χ3n) is 3.23. The van der Waals surface area contributed by atoms with Crippen LogP contribution in [0, 0.1) is 23.7 Å². The molecule has 0 aliphatic rings. The van der Waals surface area contributed by atoms with Crippen LogP contribution in [0.2, 0.25) is 5.02 Å². The van der Waals surface area contributed by atoms with E-state index in [-0.39, 0.29) is 5.91 Å². The Kier molecular flexibility index (Phi) is 4.75. The molecule has 0 heterocycles. The lowest BCUT2D eigenvalue weighted by atomic mass is 9.83. The number of carbonyl (C=O) groups excluding carboxylic acids is 1. The van der Waals surface area contributed by atoms with Crippen LogP contribution in [0.4, 0.5) is 5.69 Å². The summed E-state index contributed by atoms with van der Waals surface area (Å²) in [6, 6.07) is 7.52. The number of halogens is 1. The Balaban J connectivity index is 3.01. The molecule has 1 amide bonds. The van der Waals surface area contributed by atoms with Gasteiger partial charge in [0.15, 0.2) is 0 Å². The minimum absolute atomic E-state index is 0.289. The number of nitrogens with one attached hydrogen (secondary N) is 1. The first-order valence-corrected chi connectivity index (χ1v) is 6.35. The molecule has 96 valence electrons. The maximum Gasteiger partial charge on any atom is 0.244 e. The number of hydrogen-bond acceptors (Lipinski definition) is 2. The van der Waals surface area contributed by atoms with Crippen molar-refractivity contribution in [2.24, 2.45) is 5.41 Å². The quantitative estimate of drug-likeness (QED) is 0.896. The summed E-state index contributed by atoms with van der Waals surface area (Å²) >= 11 is 6.02. The lowest BCUT2D eigenvalue weighted by molar-refractivity contribution is -0.123. The van der Waals surface area contributed by atoms with Crippen LogP contribution >= 0.6 is 11.6 Å². The molecule has 1 aromatic rings. The van der Waals surface area contributed by atoms with Crippen LogP contribution in [0.25, 0.3) is 0 Å². The summed E-state index contributed by atoms with van der Waals surface area (Å²) in [5.74, 6) is -0.289. The molecule has 0 aromatic heterocycles. The summed E-state index contributed by atoms with van der Waals surface area (Å²) in [5, 5.41) is 12.4. The fourth-order valence-corrected chi connectivity index (χ4v) is 1.92. The second-order valence-corrected chi connectivity index (χ2v) is 4.75. The Bertz CT molecular complexity index is 487. The molecule has 0 bridgehead atoms. The van der Waals surface area contributed by atoms with E-state index in [1.54, 1.807) is 12.1 Å². The number of benzene rings is 1. The SMILES string of the molecule is CCC(C#N)(CC)C(=O)Nc1cc(C)ccc1Cl. The third kappa shape index (κ3) is 2.83. The molecule has 1 rings (SSSR count). The molecular formula is C14H17ClN2O. The molecule has 0 saturated carbocycles. The molecule has 0 aliphatic carbocycles. The average Bonchev–Trinajstić information content (AvgIpc) is 2.37. The molecule has 0 aliphatic heterocycles. The number of rotatable bonds is 4. The lowest BCUT2D eigenvalue weighted by Gasteiger charge is -2.22. The van der Waals surface area contributed by atoms with Gasteiger partial charge in [-0.25, -0.2) is 0 Å². The van der Waals surface area contributed by atoms with Gasteiger partial charge in [0.2, 0.25) is 5.91 Å². The molecule has 0 spiro atoms. The van der Waals surface area contributed by atoms with E-state index in [2.05, 4.69) is 11.4 Å². The van der Waals surface area contributed by atoms with Crippen molar-refractivity contribution in [3.05, 3.63) is 28.8 Å². The van der Waals surface area contributed by atoms with Crippen molar-refractivity contribution in [1.29, 1.82) is 5.26 Å². The molecule has 0 radical (unpaired) electrons. The van der Waals surface area contributed by atoms with Gasteiger partial charge in [0, 0.05) is 0 Å². The molecule has 0 fully saturated rings. The summed E-state index contributed by atoms with van der Waals surface area (Å²) < 4.78 is 0. The van der Waals surface area contributed by atoms with E-state index in [4.69, 9.17) is 11.6 Å². The van der Waals surface area contributed by atoms with Gasteiger partial charge in [0.1, 0.15) is 5.41 Å². The highest BCUT2D eigenvalue weighted by molar-refractivity contribution is 6.33. The van der Waals surface area contributed by atoms with Gasteiger partial charge in [-0.3, -0.25) is 4.79 Å². The Morgan fingerprint density at radius 3 is 2.56 bits per heavy atom. The monoisotopic (exact) mass is 264 g/mol. The van der Waals surface area contributed by atoms with Crippen LogP contribution in [0.3, 0.4) is 0 Å². The maximum absolute atomic E-state index is 12.2. The van der Waals surface area contributed by atoms with Crippen LogP contribution in [0.15, 0.2) is 18.2 Å². The number of nitriles is 1. The summed E-state index contributed by atoms with van der Waals surface area (Å²) in [4.78, 5) is 12.2. The highest BCUT2D eigenvalue weighted by atomic mass is 35.5. The molecule has 1 N–H and O–H groups in total. The van der Waals surface area contributed by atoms with E-state index in [0.717, 1.165) is 5.56 Å². The van der Waals surface area contributed by atoms with Crippen LogP contribution in [0.5, 0.6) is 0 Å². The number of amides is 1. The normalized spacial score (nSPS) is 10.8.